The molecule has 1 aromatic carbocycles. The molecule has 1 unspecified atom stereocenters. The molecule has 1 N–H and O–H groups in total. The fourth-order valence-corrected chi connectivity index (χ4v) is 3.02. The number of benzene rings is 1. The van der Waals surface area contributed by atoms with Crippen LogP contribution in [0.25, 0.3) is 0 Å². The van der Waals surface area contributed by atoms with Crippen molar-refractivity contribution in [3.8, 4) is 0 Å². The van der Waals surface area contributed by atoms with Crippen LogP contribution in [0.3, 0.4) is 0 Å². The van der Waals surface area contributed by atoms with E-state index in [-0.39, 0.29) is 30.0 Å². The highest BCUT2D eigenvalue weighted by Gasteiger charge is 2.45. The van der Waals surface area contributed by atoms with E-state index >= 15 is 0 Å². The van der Waals surface area contributed by atoms with E-state index < -0.39 is 29.3 Å². The molecule has 7 heteroatoms. The van der Waals surface area contributed by atoms with Gasteiger partial charge >= 0.3 is 0 Å². The Morgan fingerprint density at radius 2 is 2.04 bits per heavy atom. The number of hydrogen-bond donors (Lipinski definition) is 1. The second kappa shape index (κ2) is 7.13. The number of aryl methyl sites for hydroxylation is 1. The van der Waals surface area contributed by atoms with Gasteiger partial charge in [-0.1, -0.05) is 18.2 Å². The van der Waals surface area contributed by atoms with E-state index in [0.29, 0.717) is 5.76 Å². The molecular formula is C19H18FNO5. The van der Waals surface area contributed by atoms with Gasteiger partial charge in [0.05, 0.1) is 18.2 Å². The van der Waals surface area contributed by atoms with Crippen LogP contribution in [0.2, 0.25) is 0 Å². The molecule has 3 rings (SSSR count). The Morgan fingerprint density at radius 1 is 1.31 bits per heavy atom. The summed E-state index contributed by atoms with van der Waals surface area (Å²) in [6.07, 6.45) is 0. The second-order valence-electron chi connectivity index (χ2n) is 5.92. The standard InChI is InChI=1S/C19H18FNO5/c1-11-7-8-14(26-11)17(22)15-16(12-5-3-4-6-13(12)20)21(9-10-25-2)19(24)18(15)23/h3-8,16,23H,9-10H2,1-2H3. The summed E-state index contributed by atoms with van der Waals surface area (Å²) in [6, 6.07) is 7.83. The van der Waals surface area contributed by atoms with Crippen LogP contribution in [0, 0.1) is 12.7 Å². The van der Waals surface area contributed by atoms with Crippen LogP contribution in [0.5, 0.6) is 0 Å². The number of Topliss-reactive ketones (excluding diaryl/α,β-unsaturated/α-hetero) is 1. The Bertz CT molecular complexity index is 886. The van der Waals surface area contributed by atoms with Gasteiger partial charge in [-0.3, -0.25) is 9.59 Å². The minimum Gasteiger partial charge on any atom is -0.503 e. The molecule has 1 amide bonds. The highest BCUT2D eigenvalue weighted by atomic mass is 19.1. The third kappa shape index (κ3) is 3.01. The lowest BCUT2D eigenvalue weighted by Crippen LogP contribution is -2.34. The van der Waals surface area contributed by atoms with Crippen LogP contribution in [-0.4, -0.2) is 42.0 Å². The van der Waals surface area contributed by atoms with Crippen molar-refractivity contribution in [3.05, 3.63) is 70.6 Å². The molecule has 26 heavy (non-hydrogen) atoms. The maximum atomic E-state index is 14.4. The molecule has 2 aromatic rings. The number of hydrogen-bond acceptors (Lipinski definition) is 5. The van der Waals surface area contributed by atoms with Gasteiger partial charge in [0.1, 0.15) is 11.6 Å². The van der Waals surface area contributed by atoms with Crippen molar-refractivity contribution >= 4 is 11.7 Å². The van der Waals surface area contributed by atoms with Crippen LogP contribution in [0.1, 0.15) is 27.9 Å². The molecule has 1 atom stereocenters. The summed E-state index contributed by atoms with van der Waals surface area (Å²) >= 11 is 0. The number of aliphatic hydroxyl groups is 1. The summed E-state index contributed by atoms with van der Waals surface area (Å²) in [5.74, 6) is -2.20. The predicted molar refractivity (Wildman–Crippen MR) is 90.2 cm³/mol. The van der Waals surface area contributed by atoms with Gasteiger partial charge in [-0.25, -0.2) is 4.39 Å². The first-order valence-electron chi connectivity index (χ1n) is 8.04. The fourth-order valence-electron chi connectivity index (χ4n) is 3.02. The molecule has 0 fully saturated rings. The van der Waals surface area contributed by atoms with Gasteiger partial charge in [-0.15, -0.1) is 0 Å². The smallest absolute Gasteiger partial charge is 0.290 e. The van der Waals surface area contributed by atoms with E-state index in [9.17, 15) is 19.1 Å². The van der Waals surface area contributed by atoms with Crippen molar-refractivity contribution in [3.63, 3.8) is 0 Å². The highest BCUT2D eigenvalue weighted by molar-refractivity contribution is 6.15. The first-order chi connectivity index (χ1) is 12.5. The number of nitrogens with zero attached hydrogens (tertiary/aromatic N) is 1. The molecule has 136 valence electrons. The number of carbonyl (C=O) groups is 2. The maximum Gasteiger partial charge on any atom is 0.290 e. The first kappa shape index (κ1) is 17.9. The Balaban J connectivity index is 2.10. The molecule has 2 heterocycles. The number of amides is 1. The summed E-state index contributed by atoms with van der Waals surface area (Å²) in [7, 11) is 1.46. The molecule has 6 nitrogen and oxygen atoms in total. The number of halogens is 1. The average Bonchev–Trinajstić information content (AvgIpc) is 3.16. The molecule has 0 saturated heterocycles. The van der Waals surface area contributed by atoms with E-state index in [1.807, 2.05) is 0 Å². The lowest BCUT2D eigenvalue weighted by molar-refractivity contribution is -0.130. The number of carbonyl (C=O) groups excluding carboxylic acids is 2. The van der Waals surface area contributed by atoms with E-state index in [0.717, 1.165) is 0 Å². The van der Waals surface area contributed by atoms with Crippen molar-refractivity contribution in [1.82, 2.24) is 4.90 Å². The fraction of sp³-hybridized carbons (Fsp3) is 0.263. The molecule has 0 saturated carbocycles. The average molecular weight is 359 g/mol. The number of furan rings is 1. The van der Waals surface area contributed by atoms with Crippen molar-refractivity contribution in [2.45, 2.75) is 13.0 Å². The van der Waals surface area contributed by atoms with E-state index in [2.05, 4.69) is 0 Å². The van der Waals surface area contributed by atoms with Crippen molar-refractivity contribution in [1.29, 1.82) is 0 Å². The van der Waals surface area contributed by atoms with Gasteiger partial charge in [0.25, 0.3) is 5.91 Å². The third-order valence-electron chi connectivity index (χ3n) is 4.25. The number of aliphatic hydroxyl groups excluding tert-OH is 1. The second-order valence-corrected chi connectivity index (χ2v) is 5.92. The summed E-state index contributed by atoms with van der Waals surface area (Å²) in [5.41, 5.74) is -0.0850. The maximum absolute atomic E-state index is 14.4. The van der Waals surface area contributed by atoms with Gasteiger partial charge in [0, 0.05) is 19.2 Å². The summed E-state index contributed by atoms with van der Waals surface area (Å²) in [4.78, 5) is 26.6. The largest absolute Gasteiger partial charge is 0.503 e. The molecule has 1 aliphatic heterocycles. The molecule has 1 aromatic heterocycles. The Labute approximate surface area is 149 Å². The van der Waals surface area contributed by atoms with Gasteiger partial charge < -0.3 is 19.2 Å². The topological polar surface area (TPSA) is 80.0 Å². The van der Waals surface area contributed by atoms with Crippen LogP contribution < -0.4 is 0 Å². The van der Waals surface area contributed by atoms with Crippen molar-refractivity contribution < 1.29 is 28.2 Å². The van der Waals surface area contributed by atoms with E-state index in [1.165, 1.54) is 36.3 Å². The van der Waals surface area contributed by atoms with Gasteiger partial charge in [-0.05, 0) is 25.1 Å². The van der Waals surface area contributed by atoms with Crippen LogP contribution in [0.15, 0.2) is 52.1 Å². The number of ketones is 1. The van der Waals surface area contributed by atoms with E-state index in [4.69, 9.17) is 9.15 Å². The molecule has 0 radical (unpaired) electrons. The Morgan fingerprint density at radius 3 is 2.65 bits per heavy atom. The van der Waals surface area contributed by atoms with Crippen molar-refractivity contribution in [2.75, 3.05) is 20.3 Å². The van der Waals surface area contributed by atoms with Crippen LogP contribution in [-0.2, 0) is 9.53 Å². The SMILES string of the molecule is COCCN1C(=O)C(O)=C(C(=O)c2ccc(C)o2)C1c1ccccc1F. The van der Waals surface area contributed by atoms with Crippen molar-refractivity contribution in [2.24, 2.45) is 0 Å². The quantitative estimate of drug-likeness (QED) is 0.802. The predicted octanol–water partition coefficient (Wildman–Crippen LogP) is 2.95. The Kier molecular flexibility index (Phi) is 4.90. The molecule has 0 spiro atoms. The number of rotatable bonds is 6. The summed E-state index contributed by atoms with van der Waals surface area (Å²) in [6.45, 7) is 1.93. The van der Waals surface area contributed by atoms with Crippen LogP contribution >= 0.6 is 0 Å². The Hall–Kier alpha value is -2.93. The first-order valence-corrected chi connectivity index (χ1v) is 8.04. The zero-order valence-corrected chi connectivity index (χ0v) is 14.4. The highest BCUT2D eigenvalue weighted by Crippen LogP contribution is 2.39. The zero-order chi connectivity index (χ0) is 18.8. The van der Waals surface area contributed by atoms with Gasteiger partial charge in [0.2, 0.25) is 5.78 Å². The van der Waals surface area contributed by atoms with E-state index in [1.54, 1.807) is 19.1 Å². The molecular weight excluding hydrogens is 341 g/mol. The lowest BCUT2D eigenvalue weighted by Gasteiger charge is -2.26. The van der Waals surface area contributed by atoms with Gasteiger partial charge in [-0.2, -0.15) is 0 Å². The molecule has 0 aliphatic carbocycles. The monoisotopic (exact) mass is 359 g/mol. The minimum absolute atomic E-state index is 0.0215. The van der Waals surface area contributed by atoms with Gasteiger partial charge in [0.15, 0.2) is 11.5 Å². The summed E-state index contributed by atoms with van der Waals surface area (Å²) < 4.78 is 24.7. The van der Waals surface area contributed by atoms with Crippen LogP contribution in [0.4, 0.5) is 4.39 Å². The zero-order valence-electron chi connectivity index (χ0n) is 14.4. The summed E-state index contributed by atoms with van der Waals surface area (Å²) in [5, 5.41) is 10.4. The normalized spacial score (nSPS) is 17.3. The third-order valence-corrected chi connectivity index (χ3v) is 4.25. The lowest BCUT2D eigenvalue weighted by atomic mass is 9.94. The molecule has 1 aliphatic rings. The number of ether oxygens (including phenoxy) is 1. The molecule has 0 bridgehead atoms. The minimum atomic E-state index is -1.06. The number of methoxy groups -OCH3 is 1.